The van der Waals surface area contributed by atoms with Crippen LogP contribution in [0.2, 0.25) is 0 Å². The van der Waals surface area contributed by atoms with Crippen LogP contribution in [0.25, 0.3) is 0 Å². The fourth-order valence-corrected chi connectivity index (χ4v) is 4.74. The minimum absolute atomic E-state index is 0.0595. The van der Waals surface area contributed by atoms with Gasteiger partial charge < -0.3 is 0 Å². The number of hydrogen-bond donors (Lipinski definition) is 0. The third-order valence-electron chi connectivity index (χ3n) is 6.55. The van der Waals surface area contributed by atoms with Crippen molar-refractivity contribution < 1.29 is 4.79 Å². The zero-order valence-corrected chi connectivity index (χ0v) is 18.8. The van der Waals surface area contributed by atoms with Gasteiger partial charge in [0.05, 0.1) is 18.3 Å². The van der Waals surface area contributed by atoms with Crippen molar-refractivity contribution in [3.63, 3.8) is 0 Å². The number of hydrogen-bond acceptors (Lipinski definition) is 3. The van der Waals surface area contributed by atoms with Gasteiger partial charge in [-0.05, 0) is 42.5 Å². The first-order valence-corrected chi connectivity index (χ1v) is 11.4. The summed E-state index contributed by atoms with van der Waals surface area (Å²) in [5.74, 6) is 0.0672. The minimum Gasteiger partial charge on any atom is -0.290 e. The molecule has 4 heteroatoms. The van der Waals surface area contributed by atoms with Gasteiger partial charge in [-0.15, -0.1) is 0 Å². The average molecular weight is 424 g/mol. The quantitative estimate of drug-likeness (QED) is 0.589. The van der Waals surface area contributed by atoms with E-state index in [2.05, 4.69) is 91.5 Å². The molecule has 1 unspecified atom stereocenters. The van der Waals surface area contributed by atoms with Crippen molar-refractivity contribution in [2.45, 2.75) is 39.3 Å². The Labute approximate surface area is 190 Å². The highest BCUT2D eigenvalue weighted by atomic mass is 16.2. The van der Waals surface area contributed by atoms with Gasteiger partial charge in [0.1, 0.15) is 0 Å². The van der Waals surface area contributed by atoms with Crippen molar-refractivity contribution in [2.24, 2.45) is 5.10 Å². The first-order valence-electron chi connectivity index (χ1n) is 11.4. The third kappa shape index (κ3) is 4.23. The molecule has 1 amide bonds. The van der Waals surface area contributed by atoms with Crippen LogP contribution in [-0.4, -0.2) is 34.6 Å². The number of carbonyl (C=O) groups is 1. The maximum Gasteiger partial charge on any atom is 0.257 e. The molecule has 2 aliphatic heterocycles. The Balaban J connectivity index is 1.40. The molecule has 2 heterocycles. The summed E-state index contributed by atoms with van der Waals surface area (Å²) in [7, 11) is 0. The Hall–Kier alpha value is -3.24. The summed E-state index contributed by atoms with van der Waals surface area (Å²) in [6.07, 6.45) is 1.73. The van der Waals surface area contributed by atoms with Gasteiger partial charge >= 0.3 is 0 Å². The van der Waals surface area contributed by atoms with E-state index in [9.17, 15) is 4.79 Å². The number of rotatable bonds is 4. The molecule has 32 heavy (non-hydrogen) atoms. The van der Waals surface area contributed by atoms with Gasteiger partial charge in [0.2, 0.25) is 0 Å². The average Bonchev–Trinajstić information content (AvgIpc) is 3.25. The molecule has 0 N–H and O–H groups in total. The number of nitrogens with zero attached hydrogens (tertiary/aromatic N) is 3. The molecule has 0 saturated carbocycles. The second-order valence-electron chi connectivity index (χ2n) is 9.01. The summed E-state index contributed by atoms with van der Waals surface area (Å²) in [5, 5.41) is 6.60. The molecule has 2 aliphatic rings. The maximum atomic E-state index is 13.5. The predicted octanol–water partition coefficient (Wildman–Crippen LogP) is 5.04. The highest BCUT2D eigenvalue weighted by Gasteiger charge is 2.34. The Bertz CT molecular complexity index is 1170. The third-order valence-corrected chi connectivity index (χ3v) is 6.55. The van der Waals surface area contributed by atoms with E-state index in [0.717, 1.165) is 42.8 Å². The minimum atomic E-state index is -0.0595. The molecule has 0 spiro atoms. The zero-order chi connectivity index (χ0) is 22.1. The van der Waals surface area contributed by atoms with E-state index in [1.807, 2.05) is 0 Å². The van der Waals surface area contributed by atoms with Gasteiger partial charge in [0.25, 0.3) is 5.91 Å². The molecule has 0 saturated heterocycles. The largest absolute Gasteiger partial charge is 0.290 e. The highest BCUT2D eigenvalue weighted by molar-refractivity contribution is 6.03. The summed E-state index contributed by atoms with van der Waals surface area (Å²) >= 11 is 0. The number of aryl methyl sites for hydroxylation is 2. The second kappa shape index (κ2) is 8.71. The monoisotopic (exact) mass is 423 g/mol. The van der Waals surface area contributed by atoms with Gasteiger partial charge in [-0.1, -0.05) is 83.9 Å². The lowest BCUT2D eigenvalue weighted by Gasteiger charge is -2.30. The molecular formula is C28H29N3O. The van der Waals surface area contributed by atoms with E-state index in [0.29, 0.717) is 6.54 Å². The van der Waals surface area contributed by atoms with Crippen LogP contribution in [0.3, 0.4) is 0 Å². The number of benzene rings is 3. The van der Waals surface area contributed by atoms with Crippen molar-refractivity contribution in [2.75, 3.05) is 13.1 Å². The number of amides is 1. The van der Waals surface area contributed by atoms with E-state index < -0.39 is 0 Å². The summed E-state index contributed by atoms with van der Waals surface area (Å²) in [4.78, 5) is 15.7. The summed E-state index contributed by atoms with van der Waals surface area (Å²) < 4.78 is 0. The molecule has 1 atom stereocenters. The van der Waals surface area contributed by atoms with Crippen LogP contribution in [-0.2, 0) is 17.8 Å². The highest BCUT2D eigenvalue weighted by Crippen LogP contribution is 2.33. The van der Waals surface area contributed by atoms with Crippen molar-refractivity contribution in [3.05, 3.63) is 106 Å². The molecule has 162 valence electrons. The van der Waals surface area contributed by atoms with Crippen LogP contribution in [0.4, 0.5) is 0 Å². The van der Waals surface area contributed by atoms with E-state index in [1.54, 1.807) is 5.01 Å². The van der Waals surface area contributed by atoms with Gasteiger partial charge in [-0.3, -0.25) is 9.69 Å². The SMILES string of the molecule is Cc1ccc(C2CC(c3cccc(C)c3)=NN2C(=O)CN2CCc3ccccc3C2)cc1. The van der Waals surface area contributed by atoms with Crippen LogP contribution < -0.4 is 0 Å². The summed E-state index contributed by atoms with van der Waals surface area (Å²) in [6, 6.07) is 25.4. The Morgan fingerprint density at radius 3 is 2.50 bits per heavy atom. The second-order valence-corrected chi connectivity index (χ2v) is 9.01. The molecule has 0 radical (unpaired) electrons. The van der Waals surface area contributed by atoms with Crippen LogP contribution in [0, 0.1) is 13.8 Å². The van der Waals surface area contributed by atoms with Crippen LogP contribution in [0.15, 0.2) is 77.9 Å². The van der Waals surface area contributed by atoms with Crippen molar-refractivity contribution in [3.8, 4) is 0 Å². The smallest absolute Gasteiger partial charge is 0.257 e. The molecule has 5 rings (SSSR count). The molecule has 0 fully saturated rings. The van der Waals surface area contributed by atoms with Gasteiger partial charge in [0, 0.05) is 19.5 Å². The summed E-state index contributed by atoms with van der Waals surface area (Å²) in [5.41, 5.74) is 8.37. The Morgan fingerprint density at radius 1 is 0.938 bits per heavy atom. The molecule has 3 aromatic rings. The zero-order valence-electron chi connectivity index (χ0n) is 18.8. The lowest BCUT2D eigenvalue weighted by Crippen LogP contribution is -2.40. The van der Waals surface area contributed by atoms with E-state index in [1.165, 1.54) is 22.3 Å². The first-order chi connectivity index (χ1) is 15.6. The molecule has 0 aromatic heterocycles. The Morgan fingerprint density at radius 2 is 1.72 bits per heavy atom. The molecule has 0 aliphatic carbocycles. The number of fused-ring (bicyclic) bond motifs is 1. The lowest BCUT2D eigenvalue weighted by molar-refractivity contribution is -0.134. The number of hydrazone groups is 1. The number of carbonyl (C=O) groups excluding carboxylic acids is 1. The van der Waals surface area contributed by atoms with Crippen molar-refractivity contribution in [1.82, 2.24) is 9.91 Å². The fourth-order valence-electron chi connectivity index (χ4n) is 4.74. The van der Waals surface area contributed by atoms with Crippen LogP contribution in [0.5, 0.6) is 0 Å². The topological polar surface area (TPSA) is 35.9 Å². The van der Waals surface area contributed by atoms with Gasteiger partial charge in [-0.25, -0.2) is 5.01 Å². The maximum absolute atomic E-state index is 13.5. The van der Waals surface area contributed by atoms with Crippen molar-refractivity contribution in [1.29, 1.82) is 0 Å². The van der Waals surface area contributed by atoms with Gasteiger partial charge in [0.15, 0.2) is 0 Å². The van der Waals surface area contributed by atoms with E-state index in [4.69, 9.17) is 5.10 Å². The fraction of sp³-hybridized carbons (Fsp3) is 0.286. The molecule has 4 nitrogen and oxygen atoms in total. The first kappa shape index (κ1) is 20.7. The lowest BCUT2D eigenvalue weighted by atomic mass is 9.97. The van der Waals surface area contributed by atoms with Crippen LogP contribution >= 0.6 is 0 Å². The molecule has 0 bridgehead atoms. The van der Waals surface area contributed by atoms with E-state index in [-0.39, 0.29) is 11.9 Å². The summed E-state index contributed by atoms with van der Waals surface area (Å²) in [6.45, 7) is 6.29. The normalized spacial score (nSPS) is 18.4. The molecular weight excluding hydrogens is 394 g/mol. The standard InChI is InChI=1S/C28H29N3O/c1-20-10-12-23(13-11-20)27-17-26(24-9-5-6-21(2)16-24)29-31(27)28(32)19-30-15-14-22-7-3-4-8-25(22)18-30/h3-13,16,27H,14-15,17-19H2,1-2H3. The van der Waals surface area contributed by atoms with Crippen LogP contribution in [0.1, 0.15) is 45.8 Å². The molecule has 3 aromatic carbocycles. The Kier molecular flexibility index (Phi) is 5.62. The van der Waals surface area contributed by atoms with Crippen molar-refractivity contribution >= 4 is 11.6 Å². The van der Waals surface area contributed by atoms with Gasteiger partial charge in [-0.2, -0.15) is 5.10 Å². The predicted molar refractivity (Wildman–Crippen MR) is 129 cm³/mol. The van der Waals surface area contributed by atoms with E-state index >= 15 is 0 Å².